The number of ether oxygens (including phenoxy) is 1. The molecular formula is C23H20N2O2. The van der Waals surface area contributed by atoms with Gasteiger partial charge in [0, 0.05) is 23.6 Å². The molecule has 0 saturated heterocycles. The molecule has 4 aromatic rings. The number of para-hydroxylation sites is 3. The van der Waals surface area contributed by atoms with Crippen LogP contribution in [0.1, 0.15) is 15.9 Å². The standard InChI is InChI=1S/C23H20N2O2/c1-27-22-14-8-6-12-20(22)24-23(26)19-16-25(15-17-9-3-2-4-10-17)21-13-7-5-11-18(19)21/h2-14,16H,15H2,1H3,(H,24,26). The van der Waals surface area contributed by atoms with E-state index in [4.69, 9.17) is 4.74 Å². The van der Waals surface area contributed by atoms with Gasteiger partial charge in [0.15, 0.2) is 0 Å². The van der Waals surface area contributed by atoms with Crippen LogP contribution >= 0.6 is 0 Å². The van der Waals surface area contributed by atoms with Crippen LogP contribution in [-0.2, 0) is 6.54 Å². The van der Waals surface area contributed by atoms with Gasteiger partial charge in [-0.25, -0.2) is 0 Å². The molecule has 0 unspecified atom stereocenters. The van der Waals surface area contributed by atoms with E-state index in [-0.39, 0.29) is 5.91 Å². The van der Waals surface area contributed by atoms with Gasteiger partial charge in [0.2, 0.25) is 0 Å². The van der Waals surface area contributed by atoms with Crippen LogP contribution in [0.2, 0.25) is 0 Å². The zero-order valence-corrected chi connectivity index (χ0v) is 15.1. The lowest BCUT2D eigenvalue weighted by molar-refractivity contribution is 0.102. The third-order valence-corrected chi connectivity index (χ3v) is 4.58. The van der Waals surface area contributed by atoms with Crippen LogP contribution in [0.4, 0.5) is 5.69 Å². The summed E-state index contributed by atoms with van der Waals surface area (Å²) >= 11 is 0. The summed E-state index contributed by atoms with van der Waals surface area (Å²) in [6.07, 6.45) is 1.92. The van der Waals surface area contributed by atoms with E-state index in [1.54, 1.807) is 7.11 Å². The topological polar surface area (TPSA) is 43.3 Å². The van der Waals surface area contributed by atoms with Crippen molar-refractivity contribution in [1.82, 2.24) is 4.57 Å². The molecule has 1 aromatic heterocycles. The van der Waals surface area contributed by atoms with Crippen LogP contribution in [0.15, 0.2) is 85.1 Å². The Kier molecular flexibility index (Phi) is 4.62. The molecule has 0 saturated carbocycles. The lowest BCUT2D eigenvalue weighted by Gasteiger charge is -2.09. The number of carbonyl (C=O) groups excluding carboxylic acids is 1. The summed E-state index contributed by atoms with van der Waals surface area (Å²) in [6.45, 7) is 0.712. The van der Waals surface area contributed by atoms with E-state index in [1.165, 1.54) is 5.56 Å². The minimum absolute atomic E-state index is 0.150. The molecule has 0 aliphatic rings. The highest BCUT2D eigenvalue weighted by Crippen LogP contribution is 2.27. The fourth-order valence-corrected chi connectivity index (χ4v) is 3.28. The Labute approximate surface area is 158 Å². The second-order valence-electron chi connectivity index (χ2n) is 6.33. The molecule has 0 fully saturated rings. The number of benzene rings is 3. The zero-order chi connectivity index (χ0) is 18.6. The molecule has 0 aliphatic heterocycles. The molecule has 0 aliphatic carbocycles. The summed E-state index contributed by atoms with van der Waals surface area (Å²) in [5.41, 5.74) is 3.53. The van der Waals surface area contributed by atoms with Crippen molar-refractivity contribution in [3.8, 4) is 5.75 Å². The van der Waals surface area contributed by atoms with Crippen molar-refractivity contribution in [2.75, 3.05) is 12.4 Å². The molecule has 1 N–H and O–H groups in total. The lowest BCUT2D eigenvalue weighted by atomic mass is 10.1. The molecule has 0 bridgehead atoms. The largest absolute Gasteiger partial charge is 0.495 e. The Hall–Kier alpha value is -3.53. The van der Waals surface area contributed by atoms with Gasteiger partial charge in [0.05, 0.1) is 18.4 Å². The molecular weight excluding hydrogens is 336 g/mol. The molecule has 4 heteroatoms. The quantitative estimate of drug-likeness (QED) is 0.550. The van der Waals surface area contributed by atoms with Crippen molar-refractivity contribution < 1.29 is 9.53 Å². The molecule has 1 amide bonds. The number of aromatic nitrogens is 1. The Morgan fingerprint density at radius 2 is 1.63 bits per heavy atom. The van der Waals surface area contributed by atoms with Crippen molar-refractivity contribution in [3.05, 3.63) is 96.2 Å². The zero-order valence-electron chi connectivity index (χ0n) is 15.1. The van der Waals surface area contributed by atoms with Gasteiger partial charge in [-0.1, -0.05) is 60.7 Å². The normalized spacial score (nSPS) is 10.7. The Morgan fingerprint density at radius 3 is 2.44 bits per heavy atom. The van der Waals surface area contributed by atoms with Crippen LogP contribution in [0.5, 0.6) is 5.75 Å². The number of hydrogen-bond acceptors (Lipinski definition) is 2. The molecule has 4 nitrogen and oxygen atoms in total. The van der Waals surface area contributed by atoms with Gasteiger partial charge in [-0.2, -0.15) is 0 Å². The highest BCUT2D eigenvalue weighted by molar-refractivity contribution is 6.13. The van der Waals surface area contributed by atoms with E-state index in [0.717, 1.165) is 10.9 Å². The number of methoxy groups -OCH3 is 1. The minimum Gasteiger partial charge on any atom is -0.495 e. The summed E-state index contributed by atoms with van der Waals surface area (Å²) < 4.78 is 7.45. The highest BCUT2D eigenvalue weighted by atomic mass is 16.5. The maximum Gasteiger partial charge on any atom is 0.257 e. The van der Waals surface area contributed by atoms with E-state index in [9.17, 15) is 4.79 Å². The molecule has 0 atom stereocenters. The SMILES string of the molecule is COc1ccccc1NC(=O)c1cn(Cc2ccccc2)c2ccccc12. The molecule has 0 spiro atoms. The molecule has 3 aromatic carbocycles. The monoisotopic (exact) mass is 356 g/mol. The Bertz CT molecular complexity index is 1080. The second kappa shape index (κ2) is 7.38. The number of carbonyl (C=O) groups is 1. The van der Waals surface area contributed by atoms with Crippen LogP contribution < -0.4 is 10.1 Å². The smallest absolute Gasteiger partial charge is 0.257 e. The van der Waals surface area contributed by atoms with Gasteiger partial charge < -0.3 is 14.6 Å². The van der Waals surface area contributed by atoms with E-state index in [1.807, 2.05) is 72.9 Å². The van der Waals surface area contributed by atoms with Crippen molar-refractivity contribution in [2.45, 2.75) is 6.54 Å². The summed E-state index contributed by atoms with van der Waals surface area (Å²) in [7, 11) is 1.59. The molecule has 134 valence electrons. The maximum atomic E-state index is 13.0. The van der Waals surface area contributed by atoms with Crippen molar-refractivity contribution in [3.63, 3.8) is 0 Å². The van der Waals surface area contributed by atoms with Gasteiger partial charge in [-0.3, -0.25) is 4.79 Å². The van der Waals surface area contributed by atoms with Crippen LogP contribution in [0, 0.1) is 0 Å². The second-order valence-corrected chi connectivity index (χ2v) is 6.33. The van der Waals surface area contributed by atoms with Gasteiger partial charge >= 0.3 is 0 Å². The number of amides is 1. The number of nitrogens with one attached hydrogen (secondary N) is 1. The number of rotatable bonds is 5. The predicted octanol–water partition coefficient (Wildman–Crippen LogP) is 4.95. The fraction of sp³-hybridized carbons (Fsp3) is 0.0870. The first kappa shape index (κ1) is 16.9. The molecule has 1 heterocycles. The average molecular weight is 356 g/mol. The van der Waals surface area contributed by atoms with Gasteiger partial charge in [-0.05, 0) is 23.8 Å². The number of anilines is 1. The van der Waals surface area contributed by atoms with Gasteiger partial charge in [0.25, 0.3) is 5.91 Å². The first-order valence-corrected chi connectivity index (χ1v) is 8.82. The Morgan fingerprint density at radius 1 is 0.926 bits per heavy atom. The summed E-state index contributed by atoms with van der Waals surface area (Å²) in [6, 6.07) is 25.6. The third kappa shape index (κ3) is 3.42. The van der Waals surface area contributed by atoms with Gasteiger partial charge in [0.1, 0.15) is 5.75 Å². The van der Waals surface area contributed by atoms with Crippen LogP contribution in [-0.4, -0.2) is 17.6 Å². The summed E-state index contributed by atoms with van der Waals surface area (Å²) in [5, 5.41) is 3.90. The number of hydrogen-bond donors (Lipinski definition) is 1. The lowest BCUT2D eigenvalue weighted by Crippen LogP contribution is -2.12. The van der Waals surface area contributed by atoms with E-state index < -0.39 is 0 Å². The Balaban J connectivity index is 1.70. The highest BCUT2D eigenvalue weighted by Gasteiger charge is 2.16. The summed E-state index contributed by atoms with van der Waals surface area (Å²) in [4.78, 5) is 13.0. The van der Waals surface area contributed by atoms with E-state index in [2.05, 4.69) is 22.0 Å². The molecule has 27 heavy (non-hydrogen) atoms. The third-order valence-electron chi connectivity index (χ3n) is 4.58. The van der Waals surface area contributed by atoms with Crippen LogP contribution in [0.25, 0.3) is 10.9 Å². The van der Waals surface area contributed by atoms with Crippen molar-refractivity contribution >= 4 is 22.5 Å². The number of nitrogens with zero attached hydrogens (tertiary/aromatic N) is 1. The van der Waals surface area contributed by atoms with Gasteiger partial charge in [-0.15, -0.1) is 0 Å². The first-order valence-electron chi connectivity index (χ1n) is 8.82. The fourth-order valence-electron chi connectivity index (χ4n) is 3.28. The predicted molar refractivity (Wildman–Crippen MR) is 108 cm³/mol. The first-order chi connectivity index (χ1) is 13.3. The summed E-state index contributed by atoms with van der Waals surface area (Å²) in [5.74, 6) is 0.487. The average Bonchev–Trinajstić information content (AvgIpc) is 3.08. The minimum atomic E-state index is -0.150. The number of fused-ring (bicyclic) bond motifs is 1. The maximum absolute atomic E-state index is 13.0. The van der Waals surface area contributed by atoms with E-state index >= 15 is 0 Å². The van der Waals surface area contributed by atoms with Crippen molar-refractivity contribution in [2.24, 2.45) is 0 Å². The molecule has 4 rings (SSSR count). The van der Waals surface area contributed by atoms with Crippen LogP contribution in [0.3, 0.4) is 0 Å². The van der Waals surface area contributed by atoms with Crippen molar-refractivity contribution in [1.29, 1.82) is 0 Å². The van der Waals surface area contributed by atoms with E-state index in [0.29, 0.717) is 23.5 Å². The molecule has 0 radical (unpaired) electrons.